The number of halogens is 3. The standard InChI is InChI=1S/C15H11F3N2O/c1-9-2-4-10(5-3-9)14-19-12-7-6-11(8-13(12)20-14)21-15(16,17)18/h2-8H,1H3,(H,19,20). The first-order valence-electron chi connectivity index (χ1n) is 6.23. The number of fused-ring (bicyclic) bond motifs is 1. The minimum atomic E-state index is -4.70. The van der Waals surface area contributed by atoms with Gasteiger partial charge in [0.15, 0.2) is 0 Å². The lowest BCUT2D eigenvalue weighted by Gasteiger charge is -2.07. The molecule has 0 aliphatic heterocycles. The lowest BCUT2D eigenvalue weighted by atomic mass is 10.1. The van der Waals surface area contributed by atoms with Crippen molar-refractivity contribution in [3.8, 4) is 17.1 Å². The molecule has 6 heteroatoms. The Hall–Kier alpha value is -2.50. The van der Waals surface area contributed by atoms with Crippen molar-refractivity contribution >= 4 is 11.0 Å². The summed E-state index contributed by atoms with van der Waals surface area (Å²) in [6.45, 7) is 1.98. The Morgan fingerprint density at radius 3 is 2.43 bits per heavy atom. The number of nitrogens with one attached hydrogen (secondary N) is 1. The molecule has 0 saturated carbocycles. The Morgan fingerprint density at radius 1 is 1.05 bits per heavy atom. The van der Waals surface area contributed by atoms with Gasteiger partial charge in [0.2, 0.25) is 0 Å². The first-order valence-corrected chi connectivity index (χ1v) is 6.23. The van der Waals surface area contributed by atoms with Crippen molar-refractivity contribution in [1.82, 2.24) is 9.97 Å². The van der Waals surface area contributed by atoms with Gasteiger partial charge >= 0.3 is 6.36 Å². The van der Waals surface area contributed by atoms with Crippen LogP contribution < -0.4 is 4.74 Å². The zero-order valence-corrected chi connectivity index (χ0v) is 11.0. The summed E-state index contributed by atoms with van der Waals surface area (Å²) in [5.74, 6) is 0.325. The van der Waals surface area contributed by atoms with Gasteiger partial charge in [-0.1, -0.05) is 29.8 Å². The number of nitrogens with zero attached hydrogens (tertiary/aromatic N) is 1. The third-order valence-electron chi connectivity index (χ3n) is 3.01. The van der Waals surface area contributed by atoms with E-state index in [1.54, 1.807) is 0 Å². The van der Waals surface area contributed by atoms with Crippen LogP contribution in [0.25, 0.3) is 22.4 Å². The number of aromatic amines is 1. The largest absolute Gasteiger partial charge is 0.573 e. The van der Waals surface area contributed by atoms with Crippen LogP contribution in [0.15, 0.2) is 42.5 Å². The first-order chi connectivity index (χ1) is 9.90. The molecule has 0 unspecified atom stereocenters. The maximum atomic E-state index is 12.2. The number of hydrogen-bond acceptors (Lipinski definition) is 2. The molecule has 0 atom stereocenters. The molecule has 0 aliphatic rings. The average Bonchev–Trinajstić information content (AvgIpc) is 2.80. The van der Waals surface area contributed by atoms with Gasteiger partial charge in [0.25, 0.3) is 0 Å². The van der Waals surface area contributed by atoms with Crippen molar-refractivity contribution in [2.24, 2.45) is 0 Å². The highest BCUT2D eigenvalue weighted by Crippen LogP contribution is 2.27. The first kappa shape index (κ1) is 13.5. The van der Waals surface area contributed by atoms with Gasteiger partial charge in [0.05, 0.1) is 11.0 Å². The molecule has 2 aromatic carbocycles. The summed E-state index contributed by atoms with van der Waals surface area (Å²) in [4.78, 5) is 7.37. The third-order valence-corrected chi connectivity index (χ3v) is 3.01. The van der Waals surface area contributed by atoms with E-state index in [0.717, 1.165) is 11.1 Å². The number of H-pyrrole nitrogens is 1. The van der Waals surface area contributed by atoms with E-state index < -0.39 is 6.36 Å². The van der Waals surface area contributed by atoms with Crippen LogP contribution in [0.2, 0.25) is 0 Å². The summed E-state index contributed by atoms with van der Waals surface area (Å²) < 4.78 is 40.5. The number of aryl methyl sites for hydroxylation is 1. The van der Waals surface area contributed by atoms with Gasteiger partial charge in [-0.2, -0.15) is 0 Å². The lowest BCUT2D eigenvalue weighted by Crippen LogP contribution is -2.16. The maximum absolute atomic E-state index is 12.2. The summed E-state index contributed by atoms with van der Waals surface area (Å²) >= 11 is 0. The molecule has 1 aromatic heterocycles. The molecule has 3 rings (SSSR count). The maximum Gasteiger partial charge on any atom is 0.573 e. The summed E-state index contributed by atoms with van der Waals surface area (Å²) in [7, 11) is 0. The summed E-state index contributed by atoms with van der Waals surface area (Å²) in [5.41, 5.74) is 3.07. The molecule has 0 radical (unpaired) electrons. The number of alkyl halides is 3. The molecular weight excluding hydrogens is 281 g/mol. The van der Waals surface area contributed by atoms with Crippen molar-refractivity contribution in [2.75, 3.05) is 0 Å². The molecule has 21 heavy (non-hydrogen) atoms. The molecule has 0 amide bonds. The predicted molar refractivity (Wildman–Crippen MR) is 72.9 cm³/mol. The quantitative estimate of drug-likeness (QED) is 0.758. The second-order valence-electron chi connectivity index (χ2n) is 4.68. The topological polar surface area (TPSA) is 37.9 Å². The molecule has 0 aliphatic carbocycles. The fraction of sp³-hybridized carbons (Fsp3) is 0.133. The monoisotopic (exact) mass is 292 g/mol. The molecular formula is C15H11F3N2O. The van der Waals surface area contributed by atoms with Crippen molar-refractivity contribution in [3.63, 3.8) is 0 Å². The Morgan fingerprint density at radius 2 is 1.76 bits per heavy atom. The van der Waals surface area contributed by atoms with E-state index >= 15 is 0 Å². The van der Waals surface area contributed by atoms with E-state index in [0.29, 0.717) is 16.9 Å². The zero-order chi connectivity index (χ0) is 15.0. The normalized spacial score (nSPS) is 11.8. The lowest BCUT2D eigenvalue weighted by molar-refractivity contribution is -0.274. The van der Waals surface area contributed by atoms with Crippen LogP contribution in [-0.4, -0.2) is 16.3 Å². The van der Waals surface area contributed by atoms with E-state index in [-0.39, 0.29) is 5.75 Å². The highest BCUT2D eigenvalue weighted by atomic mass is 19.4. The van der Waals surface area contributed by atoms with Gasteiger partial charge in [0.1, 0.15) is 11.6 Å². The van der Waals surface area contributed by atoms with Crippen LogP contribution in [0, 0.1) is 6.92 Å². The third kappa shape index (κ3) is 2.99. The number of imidazole rings is 1. The molecule has 108 valence electrons. The van der Waals surface area contributed by atoms with Crippen LogP contribution in [0.3, 0.4) is 0 Å². The van der Waals surface area contributed by atoms with Crippen molar-refractivity contribution < 1.29 is 17.9 Å². The molecule has 1 N–H and O–H groups in total. The van der Waals surface area contributed by atoms with Gasteiger partial charge < -0.3 is 9.72 Å². The number of rotatable bonds is 2. The average molecular weight is 292 g/mol. The van der Waals surface area contributed by atoms with Crippen molar-refractivity contribution in [1.29, 1.82) is 0 Å². The van der Waals surface area contributed by atoms with E-state index in [1.165, 1.54) is 18.2 Å². The summed E-state index contributed by atoms with van der Waals surface area (Å²) in [6.07, 6.45) is -4.70. The van der Waals surface area contributed by atoms with Gasteiger partial charge in [-0.15, -0.1) is 13.2 Å². The van der Waals surface area contributed by atoms with Gasteiger partial charge in [0, 0.05) is 11.6 Å². The van der Waals surface area contributed by atoms with Crippen molar-refractivity contribution in [2.45, 2.75) is 13.3 Å². The zero-order valence-electron chi connectivity index (χ0n) is 11.0. The van der Waals surface area contributed by atoms with Crippen LogP contribution in [0.4, 0.5) is 13.2 Å². The van der Waals surface area contributed by atoms with E-state index in [4.69, 9.17) is 0 Å². The van der Waals surface area contributed by atoms with E-state index in [1.807, 2.05) is 31.2 Å². The van der Waals surface area contributed by atoms with E-state index in [9.17, 15) is 13.2 Å². The SMILES string of the molecule is Cc1ccc(-c2nc3cc(OC(F)(F)F)ccc3[nH]2)cc1. The second kappa shape index (κ2) is 4.80. The summed E-state index contributed by atoms with van der Waals surface area (Å²) in [5, 5.41) is 0. The van der Waals surface area contributed by atoms with E-state index in [2.05, 4.69) is 14.7 Å². The molecule has 0 fully saturated rings. The molecule has 0 spiro atoms. The number of benzene rings is 2. The number of hydrogen-bond donors (Lipinski definition) is 1. The molecule has 0 bridgehead atoms. The molecule has 1 heterocycles. The van der Waals surface area contributed by atoms with Crippen LogP contribution in [0.5, 0.6) is 5.75 Å². The Bertz CT molecular complexity index is 776. The smallest absolute Gasteiger partial charge is 0.406 e. The van der Waals surface area contributed by atoms with Gasteiger partial charge in [-0.05, 0) is 19.1 Å². The van der Waals surface area contributed by atoms with Crippen molar-refractivity contribution in [3.05, 3.63) is 48.0 Å². The minimum Gasteiger partial charge on any atom is -0.406 e. The molecule has 0 saturated heterocycles. The van der Waals surface area contributed by atoms with Gasteiger partial charge in [-0.25, -0.2) is 4.98 Å². The Balaban J connectivity index is 1.98. The highest BCUT2D eigenvalue weighted by Gasteiger charge is 2.31. The molecule has 3 aromatic rings. The predicted octanol–water partition coefficient (Wildman–Crippen LogP) is 4.44. The highest BCUT2D eigenvalue weighted by molar-refractivity contribution is 5.80. The Kier molecular flexibility index (Phi) is 3.08. The molecule has 3 nitrogen and oxygen atoms in total. The number of aromatic nitrogens is 2. The van der Waals surface area contributed by atoms with Crippen LogP contribution in [-0.2, 0) is 0 Å². The van der Waals surface area contributed by atoms with Crippen LogP contribution in [0.1, 0.15) is 5.56 Å². The fourth-order valence-corrected chi connectivity index (χ4v) is 2.03. The number of ether oxygens (including phenoxy) is 1. The second-order valence-corrected chi connectivity index (χ2v) is 4.68. The van der Waals surface area contributed by atoms with Gasteiger partial charge in [-0.3, -0.25) is 0 Å². The summed E-state index contributed by atoms with van der Waals surface area (Å²) in [6, 6.07) is 11.7. The van der Waals surface area contributed by atoms with Crippen LogP contribution >= 0.6 is 0 Å². The fourth-order valence-electron chi connectivity index (χ4n) is 2.03. The Labute approximate surface area is 118 Å². The minimum absolute atomic E-state index is 0.281.